The molecule has 0 spiro atoms. The molecule has 0 aliphatic carbocycles. The van der Waals surface area contributed by atoms with Crippen LogP contribution in [0.15, 0.2) is 41.3 Å². The van der Waals surface area contributed by atoms with E-state index < -0.39 is 11.8 Å². The summed E-state index contributed by atoms with van der Waals surface area (Å²) in [6.07, 6.45) is 0. The molecule has 20 heavy (non-hydrogen) atoms. The Balaban J connectivity index is 2.23. The molecule has 0 radical (unpaired) electrons. The standard InChI is InChI=1S/C14H9Cl2FO2S/c15-9-2-4-12(16)13(5-9)20-7-8-1-3-10(17)6-11(8)14(18)19/h1-6H,7H2,(H,18,19). The summed E-state index contributed by atoms with van der Waals surface area (Å²) >= 11 is 13.3. The molecule has 0 unspecified atom stereocenters. The van der Waals surface area contributed by atoms with Gasteiger partial charge in [-0.05, 0) is 35.9 Å². The highest BCUT2D eigenvalue weighted by molar-refractivity contribution is 7.98. The number of carboxylic acid groups (broad SMARTS) is 1. The highest BCUT2D eigenvalue weighted by atomic mass is 35.5. The second-order valence-corrected chi connectivity index (χ2v) is 5.83. The van der Waals surface area contributed by atoms with Crippen LogP contribution in [0.5, 0.6) is 0 Å². The summed E-state index contributed by atoms with van der Waals surface area (Å²) in [4.78, 5) is 11.8. The molecule has 0 saturated carbocycles. The van der Waals surface area contributed by atoms with E-state index in [0.29, 0.717) is 21.4 Å². The lowest BCUT2D eigenvalue weighted by atomic mass is 10.1. The minimum absolute atomic E-state index is 0.0457. The van der Waals surface area contributed by atoms with Crippen LogP contribution in [0.25, 0.3) is 0 Å². The molecule has 2 rings (SSSR count). The van der Waals surface area contributed by atoms with Gasteiger partial charge in [-0.15, -0.1) is 11.8 Å². The molecule has 104 valence electrons. The molecule has 6 heteroatoms. The first-order chi connectivity index (χ1) is 9.47. The lowest BCUT2D eigenvalue weighted by Gasteiger charge is -2.08. The van der Waals surface area contributed by atoms with E-state index in [4.69, 9.17) is 28.3 Å². The molecular weight excluding hydrogens is 322 g/mol. The van der Waals surface area contributed by atoms with E-state index in [-0.39, 0.29) is 5.56 Å². The predicted octanol–water partition coefficient (Wildman–Crippen LogP) is 5.12. The maximum atomic E-state index is 13.1. The number of thioether (sulfide) groups is 1. The van der Waals surface area contributed by atoms with Gasteiger partial charge in [0.05, 0.1) is 10.6 Å². The van der Waals surface area contributed by atoms with Crippen LogP contribution < -0.4 is 0 Å². The van der Waals surface area contributed by atoms with Crippen molar-refractivity contribution < 1.29 is 14.3 Å². The summed E-state index contributed by atoms with van der Waals surface area (Å²) in [7, 11) is 0. The number of carbonyl (C=O) groups is 1. The smallest absolute Gasteiger partial charge is 0.336 e. The van der Waals surface area contributed by atoms with E-state index in [1.807, 2.05) is 0 Å². The van der Waals surface area contributed by atoms with Crippen molar-refractivity contribution in [2.45, 2.75) is 10.6 Å². The minimum atomic E-state index is -1.16. The first-order valence-electron chi connectivity index (χ1n) is 5.57. The fraction of sp³-hybridized carbons (Fsp3) is 0.0714. The van der Waals surface area contributed by atoms with E-state index in [1.165, 1.54) is 23.9 Å². The highest BCUT2D eigenvalue weighted by Gasteiger charge is 2.12. The van der Waals surface area contributed by atoms with Gasteiger partial charge in [-0.2, -0.15) is 0 Å². The van der Waals surface area contributed by atoms with Gasteiger partial charge in [-0.3, -0.25) is 0 Å². The average Bonchev–Trinajstić information content (AvgIpc) is 2.40. The third-order valence-corrected chi connectivity index (χ3v) is 4.36. The van der Waals surface area contributed by atoms with Crippen molar-refractivity contribution in [1.82, 2.24) is 0 Å². The van der Waals surface area contributed by atoms with Crippen LogP contribution >= 0.6 is 35.0 Å². The van der Waals surface area contributed by atoms with Gasteiger partial charge in [0, 0.05) is 15.7 Å². The maximum Gasteiger partial charge on any atom is 0.336 e. The highest BCUT2D eigenvalue weighted by Crippen LogP contribution is 2.32. The maximum absolute atomic E-state index is 13.1. The van der Waals surface area contributed by atoms with Crippen LogP contribution in [0.3, 0.4) is 0 Å². The summed E-state index contributed by atoms with van der Waals surface area (Å²) < 4.78 is 13.1. The molecule has 2 aromatic rings. The van der Waals surface area contributed by atoms with Crippen molar-refractivity contribution in [3.05, 3.63) is 63.4 Å². The molecule has 1 N–H and O–H groups in total. The quantitative estimate of drug-likeness (QED) is 0.790. The number of carboxylic acids is 1. The second kappa shape index (κ2) is 6.48. The molecule has 0 heterocycles. The molecule has 2 nitrogen and oxygen atoms in total. The van der Waals surface area contributed by atoms with Crippen molar-refractivity contribution in [1.29, 1.82) is 0 Å². The normalized spacial score (nSPS) is 10.6. The molecule has 0 bridgehead atoms. The first kappa shape index (κ1) is 15.2. The van der Waals surface area contributed by atoms with Crippen LogP contribution in [-0.2, 0) is 5.75 Å². The van der Waals surface area contributed by atoms with E-state index in [2.05, 4.69) is 0 Å². The Morgan fingerprint density at radius 3 is 2.65 bits per heavy atom. The van der Waals surface area contributed by atoms with Crippen molar-refractivity contribution in [3.63, 3.8) is 0 Å². The molecule has 2 aromatic carbocycles. The van der Waals surface area contributed by atoms with Gasteiger partial charge < -0.3 is 5.11 Å². The van der Waals surface area contributed by atoms with Gasteiger partial charge in [0.1, 0.15) is 5.82 Å². The summed E-state index contributed by atoms with van der Waals surface area (Å²) in [5.41, 5.74) is 0.482. The average molecular weight is 331 g/mol. The van der Waals surface area contributed by atoms with Gasteiger partial charge >= 0.3 is 5.97 Å². The number of rotatable bonds is 4. The molecule has 0 aliphatic rings. The van der Waals surface area contributed by atoms with Crippen molar-refractivity contribution >= 4 is 40.9 Å². The molecule has 0 amide bonds. The van der Waals surface area contributed by atoms with Gasteiger partial charge in [-0.25, -0.2) is 9.18 Å². The number of benzene rings is 2. The van der Waals surface area contributed by atoms with Gasteiger partial charge in [0.15, 0.2) is 0 Å². The SMILES string of the molecule is O=C(O)c1cc(F)ccc1CSc1cc(Cl)ccc1Cl. The summed E-state index contributed by atoms with van der Waals surface area (Å²) in [6, 6.07) is 8.77. The number of hydrogen-bond acceptors (Lipinski definition) is 2. The largest absolute Gasteiger partial charge is 0.478 e. The zero-order valence-corrected chi connectivity index (χ0v) is 12.4. The molecular formula is C14H9Cl2FO2S. The van der Waals surface area contributed by atoms with Crippen LogP contribution in [0.4, 0.5) is 4.39 Å². The Hall–Kier alpha value is -1.23. The number of aromatic carboxylic acids is 1. The zero-order chi connectivity index (χ0) is 14.7. The van der Waals surface area contributed by atoms with Crippen LogP contribution in [-0.4, -0.2) is 11.1 Å². The third kappa shape index (κ3) is 3.66. The van der Waals surface area contributed by atoms with Gasteiger partial charge in [0.25, 0.3) is 0 Å². The topological polar surface area (TPSA) is 37.3 Å². The summed E-state index contributed by atoms with van der Waals surface area (Å²) in [6.45, 7) is 0. The predicted molar refractivity (Wildman–Crippen MR) is 79.4 cm³/mol. The summed E-state index contributed by atoms with van der Waals surface area (Å²) in [5, 5.41) is 10.2. The summed E-state index contributed by atoms with van der Waals surface area (Å²) in [5.74, 6) is -1.36. The Bertz CT molecular complexity index is 662. The number of hydrogen-bond donors (Lipinski definition) is 1. The molecule has 0 atom stereocenters. The lowest BCUT2D eigenvalue weighted by molar-refractivity contribution is 0.0695. The third-order valence-electron chi connectivity index (χ3n) is 2.58. The molecule has 0 aromatic heterocycles. The lowest BCUT2D eigenvalue weighted by Crippen LogP contribution is -2.02. The van der Waals surface area contributed by atoms with E-state index in [9.17, 15) is 9.18 Å². The van der Waals surface area contributed by atoms with Crippen molar-refractivity contribution in [3.8, 4) is 0 Å². The molecule has 0 fully saturated rings. The fourth-order valence-corrected chi connectivity index (χ4v) is 3.11. The molecule has 0 aliphatic heterocycles. The van der Waals surface area contributed by atoms with Gasteiger partial charge in [0.2, 0.25) is 0 Å². The second-order valence-electron chi connectivity index (χ2n) is 3.97. The van der Waals surface area contributed by atoms with E-state index in [1.54, 1.807) is 18.2 Å². The van der Waals surface area contributed by atoms with Crippen LogP contribution in [0, 0.1) is 5.82 Å². The monoisotopic (exact) mass is 330 g/mol. The Morgan fingerprint density at radius 2 is 1.95 bits per heavy atom. The molecule has 0 saturated heterocycles. The van der Waals surface area contributed by atoms with Gasteiger partial charge in [-0.1, -0.05) is 29.3 Å². The minimum Gasteiger partial charge on any atom is -0.478 e. The zero-order valence-electron chi connectivity index (χ0n) is 10.1. The van der Waals surface area contributed by atoms with Crippen molar-refractivity contribution in [2.75, 3.05) is 0 Å². The number of halogens is 3. The van der Waals surface area contributed by atoms with E-state index in [0.717, 1.165) is 11.0 Å². The van der Waals surface area contributed by atoms with Crippen LogP contribution in [0.2, 0.25) is 10.0 Å². The Kier molecular flexibility index (Phi) is 4.91. The van der Waals surface area contributed by atoms with Crippen molar-refractivity contribution in [2.24, 2.45) is 0 Å². The Morgan fingerprint density at radius 1 is 1.20 bits per heavy atom. The fourth-order valence-electron chi connectivity index (χ4n) is 1.62. The Labute approximate surface area is 129 Å². The first-order valence-corrected chi connectivity index (χ1v) is 7.31. The van der Waals surface area contributed by atoms with E-state index >= 15 is 0 Å². The van der Waals surface area contributed by atoms with Crippen LogP contribution in [0.1, 0.15) is 15.9 Å².